The zero-order valence-electron chi connectivity index (χ0n) is 12.1. The van der Waals surface area contributed by atoms with Crippen molar-refractivity contribution in [1.29, 1.82) is 5.26 Å². The average Bonchev–Trinajstić information content (AvgIpc) is 2.50. The third kappa shape index (κ3) is 3.99. The third-order valence-electron chi connectivity index (χ3n) is 3.25. The predicted octanol–water partition coefficient (Wildman–Crippen LogP) is 4.39. The minimum absolute atomic E-state index is 0.559. The monoisotopic (exact) mass is 344 g/mol. The number of para-hydroxylation sites is 1. The smallest absolute Gasteiger partial charge is 0.126 e. The molecule has 0 saturated heterocycles. The topological polar surface area (TPSA) is 45.0 Å². The van der Waals surface area contributed by atoms with Crippen LogP contribution >= 0.6 is 15.9 Å². The molecule has 1 N–H and O–H groups in total. The van der Waals surface area contributed by atoms with E-state index in [1.54, 1.807) is 7.11 Å². The molecule has 0 fully saturated rings. The van der Waals surface area contributed by atoms with Crippen LogP contribution in [-0.2, 0) is 6.42 Å². The number of methoxy groups -OCH3 is 1. The summed E-state index contributed by atoms with van der Waals surface area (Å²) in [6.07, 6.45) is 0.559. The van der Waals surface area contributed by atoms with Crippen LogP contribution in [0.15, 0.2) is 53.0 Å². The van der Waals surface area contributed by atoms with E-state index in [4.69, 9.17) is 4.74 Å². The number of benzene rings is 2. The minimum atomic E-state index is -0.706. The van der Waals surface area contributed by atoms with Crippen LogP contribution in [0.25, 0.3) is 0 Å². The number of halogens is 1. The average molecular weight is 345 g/mol. The van der Waals surface area contributed by atoms with E-state index >= 15 is 0 Å². The molecule has 3 nitrogen and oxygen atoms in total. The summed E-state index contributed by atoms with van der Waals surface area (Å²) >= 11 is 3.41. The van der Waals surface area contributed by atoms with Crippen molar-refractivity contribution < 1.29 is 4.74 Å². The molecule has 0 radical (unpaired) electrons. The maximum atomic E-state index is 9.56. The molecule has 0 aromatic heterocycles. The van der Waals surface area contributed by atoms with Crippen LogP contribution in [0.5, 0.6) is 5.75 Å². The molecule has 21 heavy (non-hydrogen) atoms. The van der Waals surface area contributed by atoms with Crippen LogP contribution < -0.4 is 10.1 Å². The van der Waals surface area contributed by atoms with Crippen LogP contribution in [0.4, 0.5) is 5.69 Å². The molecule has 1 unspecified atom stereocenters. The second-order valence-corrected chi connectivity index (χ2v) is 5.98. The molecule has 108 valence electrons. The number of hydrogen-bond donors (Lipinski definition) is 1. The highest BCUT2D eigenvalue weighted by atomic mass is 79.9. The van der Waals surface area contributed by atoms with Crippen molar-refractivity contribution in [2.24, 2.45) is 0 Å². The first kappa shape index (κ1) is 15.4. The van der Waals surface area contributed by atoms with Crippen molar-refractivity contribution in [2.75, 3.05) is 12.4 Å². The molecule has 0 amide bonds. The van der Waals surface area contributed by atoms with Gasteiger partial charge >= 0.3 is 0 Å². The molecule has 4 heteroatoms. The Labute approximate surface area is 133 Å². The fourth-order valence-corrected chi connectivity index (χ4v) is 2.46. The van der Waals surface area contributed by atoms with Crippen molar-refractivity contribution in [3.05, 3.63) is 58.6 Å². The van der Waals surface area contributed by atoms with Gasteiger partial charge in [-0.25, -0.2) is 0 Å². The van der Waals surface area contributed by atoms with Crippen molar-refractivity contribution >= 4 is 21.6 Å². The standard InChI is InChI=1S/C17H17BrN2O/c1-17(12-19,20-15-9-7-14(18)8-10-15)11-13-5-3-4-6-16(13)21-2/h3-10,20H,11H2,1-2H3. The highest BCUT2D eigenvalue weighted by molar-refractivity contribution is 9.10. The third-order valence-corrected chi connectivity index (χ3v) is 3.78. The number of ether oxygens (including phenoxy) is 1. The molecule has 0 spiro atoms. The molecule has 1 atom stereocenters. The van der Waals surface area contributed by atoms with E-state index in [0.29, 0.717) is 6.42 Å². The van der Waals surface area contributed by atoms with Gasteiger partial charge in [0.2, 0.25) is 0 Å². The van der Waals surface area contributed by atoms with Crippen molar-refractivity contribution in [2.45, 2.75) is 18.9 Å². The van der Waals surface area contributed by atoms with Gasteiger partial charge in [-0.15, -0.1) is 0 Å². The number of anilines is 1. The van der Waals surface area contributed by atoms with Gasteiger partial charge in [0.15, 0.2) is 0 Å². The zero-order chi connectivity index (χ0) is 15.3. The van der Waals surface area contributed by atoms with Gasteiger partial charge in [-0.05, 0) is 42.8 Å². The Bertz CT molecular complexity index is 649. The number of hydrogen-bond acceptors (Lipinski definition) is 3. The lowest BCUT2D eigenvalue weighted by atomic mass is 9.93. The molecule has 0 aliphatic rings. The van der Waals surface area contributed by atoms with Gasteiger partial charge in [0.1, 0.15) is 11.3 Å². The number of nitrogens with one attached hydrogen (secondary N) is 1. The number of nitriles is 1. The molecule has 0 aliphatic carbocycles. The summed E-state index contributed by atoms with van der Waals surface area (Å²) in [4.78, 5) is 0. The van der Waals surface area contributed by atoms with E-state index < -0.39 is 5.54 Å². The van der Waals surface area contributed by atoms with Gasteiger partial charge in [-0.3, -0.25) is 0 Å². The fourth-order valence-electron chi connectivity index (χ4n) is 2.19. The number of rotatable bonds is 5. The Hall–Kier alpha value is -1.99. The molecule has 2 rings (SSSR count). The van der Waals surface area contributed by atoms with E-state index in [1.165, 1.54) is 0 Å². The predicted molar refractivity (Wildman–Crippen MR) is 88.5 cm³/mol. The summed E-state index contributed by atoms with van der Waals surface area (Å²) in [6, 6.07) is 17.9. The first-order valence-corrected chi connectivity index (χ1v) is 7.42. The summed E-state index contributed by atoms with van der Waals surface area (Å²) in [5.74, 6) is 0.802. The summed E-state index contributed by atoms with van der Waals surface area (Å²) < 4.78 is 6.37. The molecular weight excluding hydrogens is 328 g/mol. The summed E-state index contributed by atoms with van der Waals surface area (Å²) in [6.45, 7) is 1.89. The van der Waals surface area contributed by atoms with Gasteiger partial charge in [-0.2, -0.15) is 5.26 Å². The highest BCUT2D eigenvalue weighted by Crippen LogP contribution is 2.26. The maximum Gasteiger partial charge on any atom is 0.126 e. The molecular formula is C17H17BrN2O. The van der Waals surface area contributed by atoms with Crippen molar-refractivity contribution in [1.82, 2.24) is 0 Å². The van der Waals surface area contributed by atoms with Gasteiger partial charge < -0.3 is 10.1 Å². The molecule has 0 heterocycles. The van der Waals surface area contributed by atoms with Gasteiger partial charge in [0.05, 0.1) is 13.2 Å². The second-order valence-electron chi connectivity index (χ2n) is 5.06. The van der Waals surface area contributed by atoms with E-state index in [-0.39, 0.29) is 0 Å². The van der Waals surface area contributed by atoms with E-state index in [9.17, 15) is 5.26 Å². The molecule has 0 saturated carbocycles. The largest absolute Gasteiger partial charge is 0.496 e. The maximum absolute atomic E-state index is 9.56. The first-order valence-electron chi connectivity index (χ1n) is 6.63. The van der Waals surface area contributed by atoms with Crippen LogP contribution in [0, 0.1) is 11.3 Å². The Kier molecular flexibility index (Phi) is 4.87. The van der Waals surface area contributed by atoms with Gasteiger partial charge in [0, 0.05) is 16.6 Å². The molecule has 0 bridgehead atoms. The van der Waals surface area contributed by atoms with Crippen molar-refractivity contribution in [3.63, 3.8) is 0 Å². The summed E-state index contributed by atoms with van der Waals surface area (Å²) in [5.41, 5.74) is 1.22. The number of nitrogens with zero attached hydrogens (tertiary/aromatic N) is 1. The van der Waals surface area contributed by atoms with Crippen LogP contribution in [0.1, 0.15) is 12.5 Å². The van der Waals surface area contributed by atoms with E-state index in [2.05, 4.69) is 27.3 Å². The Morgan fingerprint density at radius 1 is 1.19 bits per heavy atom. The van der Waals surface area contributed by atoms with Crippen LogP contribution in [-0.4, -0.2) is 12.6 Å². The Morgan fingerprint density at radius 2 is 1.86 bits per heavy atom. The van der Waals surface area contributed by atoms with Crippen molar-refractivity contribution in [3.8, 4) is 11.8 Å². The lowest BCUT2D eigenvalue weighted by molar-refractivity contribution is 0.407. The SMILES string of the molecule is COc1ccccc1CC(C)(C#N)Nc1ccc(Br)cc1. The lowest BCUT2D eigenvalue weighted by Gasteiger charge is -2.25. The zero-order valence-corrected chi connectivity index (χ0v) is 13.6. The minimum Gasteiger partial charge on any atom is -0.496 e. The van der Waals surface area contributed by atoms with E-state index in [0.717, 1.165) is 21.5 Å². The van der Waals surface area contributed by atoms with Gasteiger partial charge in [-0.1, -0.05) is 34.1 Å². The Morgan fingerprint density at radius 3 is 2.48 bits per heavy atom. The highest BCUT2D eigenvalue weighted by Gasteiger charge is 2.25. The first-order chi connectivity index (χ1) is 10.1. The summed E-state index contributed by atoms with van der Waals surface area (Å²) in [5, 5.41) is 12.9. The van der Waals surface area contributed by atoms with Crippen LogP contribution in [0.2, 0.25) is 0 Å². The van der Waals surface area contributed by atoms with E-state index in [1.807, 2.05) is 55.5 Å². The lowest BCUT2D eigenvalue weighted by Crippen LogP contribution is -2.35. The second kappa shape index (κ2) is 6.64. The normalized spacial score (nSPS) is 13.0. The summed E-state index contributed by atoms with van der Waals surface area (Å²) in [7, 11) is 1.64. The quantitative estimate of drug-likeness (QED) is 0.874. The Balaban J connectivity index is 2.21. The molecule has 0 aliphatic heterocycles. The van der Waals surface area contributed by atoms with Crippen LogP contribution in [0.3, 0.4) is 0 Å². The fraction of sp³-hybridized carbons (Fsp3) is 0.235. The molecule has 2 aromatic rings. The van der Waals surface area contributed by atoms with Gasteiger partial charge in [0.25, 0.3) is 0 Å². The molecule has 2 aromatic carbocycles.